The first-order valence-corrected chi connectivity index (χ1v) is 6.61. The first kappa shape index (κ1) is 14.8. The van der Waals surface area contributed by atoms with E-state index in [2.05, 4.69) is 15.9 Å². The van der Waals surface area contributed by atoms with Gasteiger partial charge in [0.1, 0.15) is 0 Å². The quantitative estimate of drug-likeness (QED) is 0.733. The van der Waals surface area contributed by atoms with Crippen LogP contribution >= 0.6 is 15.9 Å². The summed E-state index contributed by atoms with van der Waals surface area (Å²) in [6, 6.07) is 13.0. The summed E-state index contributed by atoms with van der Waals surface area (Å²) < 4.78 is 38.5. The Morgan fingerprint density at radius 2 is 1.50 bits per heavy atom. The van der Waals surface area contributed by atoms with E-state index in [0.29, 0.717) is 5.56 Å². The molecule has 0 atom stereocenters. The van der Waals surface area contributed by atoms with Gasteiger partial charge in [0.2, 0.25) is 0 Å². The van der Waals surface area contributed by atoms with E-state index < -0.39 is 12.0 Å². The summed E-state index contributed by atoms with van der Waals surface area (Å²) in [5.41, 5.74) is 0.896. The lowest BCUT2D eigenvalue weighted by atomic mass is 9.97. The number of hydrogen-bond acceptors (Lipinski definition) is 1. The first-order valence-electron chi connectivity index (χ1n) is 5.82. The van der Waals surface area contributed by atoms with Crippen LogP contribution in [0.4, 0.5) is 13.2 Å². The van der Waals surface area contributed by atoms with Crippen LogP contribution in [0, 0.1) is 0 Å². The highest BCUT2D eigenvalue weighted by atomic mass is 79.9. The molecular formula is C15H10BrF3O. The van der Waals surface area contributed by atoms with Crippen molar-refractivity contribution < 1.29 is 18.0 Å². The van der Waals surface area contributed by atoms with Crippen molar-refractivity contribution in [2.75, 3.05) is 0 Å². The summed E-state index contributed by atoms with van der Waals surface area (Å²) in [5.74, 6) is -1.81. The molecule has 0 N–H and O–H groups in total. The molecule has 2 aromatic carbocycles. The van der Waals surface area contributed by atoms with Crippen LogP contribution in [0.25, 0.3) is 0 Å². The number of ketones is 1. The molecule has 0 radical (unpaired) electrons. The van der Waals surface area contributed by atoms with Gasteiger partial charge in [-0.2, -0.15) is 13.2 Å². The molecular weight excluding hydrogens is 333 g/mol. The van der Waals surface area contributed by atoms with Crippen molar-refractivity contribution in [1.82, 2.24) is 0 Å². The van der Waals surface area contributed by atoms with Crippen molar-refractivity contribution in [1.29, 1.82) is 0 Å². The van der Waals surface area contributed by atoms with E-state index in [1.54, 1.807) is 24.3 Å². The topological polar surface area (TPSA) is 17.1 Å². The smallest absolute Gasteiger partial charge is 0.284 e. The molecule has 0 aliphatic rings. The Morgan fingerprint density at radius 3 is 2.10 bits per heavy atom. The van der Waals surface area contributed by atoms with E-state index in [-0.39, 0.29) is 12.0 Å². The lowest BCUT2D eigenvalue weighted by Gasteiger charge is -2.11. The highest BCUT2D eigenvalue weighted by molar-refractivity contribution is 9.10. The molecule has 5 heteroatoms. The fourth-order valence-electron chi connectivity index (χ4n) is 1.90. The summed E-state index contributed by atoms with van der Waals surface area (Å²) in [5, 5.41) is 0. The summed E-state index contributed by atoms with van der Waals surface area (Å²) in [6.45, 7) is 0. The van der Waals surface area contributed by atoms with Gasteiger partial charge >= 0.3 is 6.18 Å². The molecule has 0 aliphatic heterocycles. The van der Waals surface area contributed by atoms with Gasteiger partial charge in [-0.1, -0.05) is 58.4 Å². The van der Waals surface area contributed by atoms with Gasteiger partial charge < -0.3 is 0 Å². The average molecular weight is 343 g/mol. The second-order valence-electron chi connectivity index (χ2n) is 4.25. The van der Waals surface area contributed by atoms with Crippen LogP contribution in [0.2, 0.25) is 0 Å². The number of halogens is 4. The van der Waals surface area contributed by atoms with Crippen molar-refractivity contribution in [3.8, 4) is 0 Å². The Labute approximate surface area is 122 Å². The van der Waals surface area contributed by atoms with Crippen LogP contribution in [0.15, 0.2) is 53.0 Å². The molecule has 2 rings (SSSR count). The van der Waals surface area contributed by atoms with E-state index in [1.807, 2.05) is 12.1 Å². The normalized spacial score (nSPS) is 11.4. The predicted molar refractivity (Wildman–Crippen MR) is 73.8 cm³/mol. The van der Waals surface area contributed by atoms with Gasteiger partial charge in [0.25, 0.3) is 5.78 Å². The van der Waals surface area contributed by atoms with Crippen LogP contribution in [-0.2, 0) is 6.42 Å². The zero-order valence-corrected chi connectivity index (χ0v) is 11.8. The zero-order chi connectivity index (χ0) is 14.8. The molecule has 0 fully saturated rings. The van der Waals surface area contributed by atoms with Crippen LogP contribution in [0.1, 0.15) is 21.5 Å². The molecule has 0 unspecified atom stereocenters. The minimum atomic E-state index is -4.86. The number of rotatable bonds is 3. The second kappa shape index (κ2) is 5.79. The molecule has 0 aliphatic carbocycles. The average Bonchev–Trinajstić information content (AvgIpc) is 2.40. The van der Waals surface area contributed by atoms with E-state index in [0.717, 1.165) is 10.0 Å². The number of Topliss-reactive ketones (excluding diaryl/α,β-unsaturated/α-hetero) is 1. The number of alkyl halides is 3. The maximum Gasteiger partial charge on any atom is 0.454 e. The predicted octanol–water partition coefficient (Wildman–Crippen LogP) is 4.78. The summed E-state index contributed by atoms with van der Waals surface area (Å²) in [6.07, 6.45) is -4.59. The largest absolute Gasteiger partial charge is 0.454 e. The molecule has 0 saturated carbocycles. The summed E-state index contributed by atoms with van der Waals surface area (Å²) in [7, 11) is 0. The zero-order valence-electron chi connectivity index (χ0n) is 10.2. The third-order valence-corrected chi connectivity index (χ3v) is 3.63. The maximum atomic E-state index is 12.6. The van der Waals surface area contributed by atoms with Crippen molar-refractivity contribution in [3.05, 3.63) is 69.7 Å². The van der Waals surface area contributed by atoms with Gasteiger partial charge in [-0.25, -0.2) is 0 Å². The van der Waals surface area contributed by atoms with Crippen molar-refractivity contribution in [3.63, 3.8) is 0 Å². The minimum absolute atomic E-state index is 0.263. The fourth-order valence-corrected chi connectivity index (χ4v) is 2.32. The molecule has 0 bridgehead atoms. The summed E-state index contributed by atoms with van der Waals surface area (Å²) in [4.78, 5) is 11.4. The van der Waals surface area contributed by atoms with Crippen molar-refractivity contribution in [2.45, 2.75) is 12.6 Å². The number of carbonyl (C=O) groups is 1. The molecule has 0 heterocycles. The molecule has 2 aromatic rings. The molecule has 0 saturated heterocycles. The Kier molecular flexibility index (Phi) is 4.28. The van der Waals surface area contributed by atoms with E-state index in [9.17, 15) is 18.0 Å². The molecule has 0 spiro atoms. The number of carbonyl (C=O) groups excluding carboxylic acids is 1. The Morgan fingerprint density at radius 1 is 0.950 bits per heavy atom. The Hall–Kier alpha value is -1.62. The monoisotopic (exact) mass is 342 g/mol. The van der Waals surface area contributed by atoms with Crippen LogP contribution in [0.3, 0.4) is 0 Å². The van der Waals surface area contributed by atoms with Crippen LogP contribution in [0.5, 0.6) is 0 Å². The highest BCUT2D eigenvalue weighted by Gasteiger charge is 2.40. The Bertz CT molecular complexity index is 635. The summed E-state index contributed by atoms with van der Waals surface area (Å²) >= 11 is 3.35. The second-order valence-corrected chi connectivity index (χ2v) is 5.11. The van der Waals surface area contributed by atoms with Gasteiger partial charge in [-0.3, -0.25) is 4.79 Å². The van der Waals surface area contributed by atoms with Crippen LogP contribution < -0.4 is 0 Å². The molecule has 0 amide bonds. The SMILES string of the molecule is O=C(c1ccccc1Cc1ccccc1Br)C(F)(F)F. The van der Waals surface area contributed by atoms with E-state index in [4.69, 9.17) is 0 Å². The lowest BCUT2D eigenvalue weighted by molar-refractivity contribution is -0.0885. The van der Waals surface area contributed by atoms with Crippen LogP contribution in [-0.4, -0.2) is 12.0 Å². The van der Waals surface area contributed by atoms with Gasteiger partial charge in [-0.05, 0) is 23.6 Å². The number of hydrogen-bond donors (Lipinski definition) is 0. The molecule has 104 valence electrons. The third-order valence-electron chi connectivity index (χ3n) is 2.86. The third kappa shape index (κ3) is 3.28. The van der Waals surface area contributed by atoms with Gasteiger partial charge in [0, 0.05) is 10.0 Å². The highest BCUT2D eigenvalue weighted by Crippen LogP contribution is 2.26. The van der Waals surface area contributed by atoms with E-state index >= 15 is 0 Å². The first-order chi connectivity index (χ1) is 9.39. The van der Waals surface area contributed by atoms with Gasteiger partial charge in [-0.15, -0.1) is 0 Å². The van der Waals surface area contributed by atoms with Crippen molar-refractivity contribution in [2.24, 2.45) is 0 Å². The van der Waals surface area contributed by atoms with E-state index in [1.165, 1.54) is 12.1 Å². The molecule has 1 nitrogen and oxygen atoms in total. The molecule has 20 heavy (non-hydrogen) atoms. The van der Waals surface area contributed by atoms with Gasteiger partial charge in [0.05, 0.1) is 0 Å². The maximum absolute atomic E-state index is 12.6. The molecule has 0 aromatic heterocycles. The van der Waals surface area contributed by atoms with Crippen molar-refractivity contribution >= 4 is 21.7 Å². The lowest BCUT2D eigenvalue weighted by Crippen LogP contribution is -2.24. The minimum Gasteiger partial charge on any atom is -0.284 e. The number of benzene rings is 2. The standard InChI is InChI=1S/C15H10BrF3O/c16-13-8-4-2-6-11(13)9-10-5-1-3-7-12(10)14(20)15(17,18)19/h1-8H,9H2. The van der Waals surface area contributed by atoms with Gasteiger partial charge in [0.15, 0.2) is 0 Å². The fraction of sp³-hybridized carbons (Fsp3) is 0.133. The Balaban J connectivity index is 2.39.